The van der Waals surface area contributed by atoms with Crippen molar-refractivity contribution in [3.63, 3.8) is 0 Å². The summed E-state index contributed by atoms with van der Waals surface area (Å²) in [7, 11) is 0. The lowest BCUT2D eigenvalue weighted by Crippen LogP contribution is -2.08. The first-order valence-corrected chi connectivity index (χ1v) is 4.76. The van der Waals surface area contributed by atoms with Crippen LogP contribution in [0.2, 0.25) is 0 Å². The minimum absolute atomic E-state index is 0.199. The summed E-state index contributed by atoms with van der Waals surface area (Å²) in [4.78, 5) is 3.90. The summed E-state index contributed by atoms with van der Waals surface area (Å²) in [5, 5.41) is 0. The standard InChI is InChI=1S/C9H7BrFN3/c10-7-5-8(11)9(12-6-7)13-14-3-1-2-4-14/h1-6H,(H,12,13). The maximum atomic E-state index is 13.3. The van der Waals surface area contributed by atoms with E-state index in [4.69, 9.17) is 0 Å². The molecule has 1 N–H and O–H groups in total. The quantitative estimate of drug-likeness (QED) is 0.895. The zero-order valence-electron chi connectivity index (χ0n) is 7.11. The van der Waals surface area contributed by atoms with Gasteiger partial charge in [0.2, 0.25) is 0 Å². The Hall–Kier alpha value is -1.36. The third kappa shape index (κ3) is 1.93. The van der Waals surface area contributed by atoms with Gasteiger partial charge < -0.3 is 0 Å². The first-order valence-electron chi connectivity index (χ1n) is 3.97. The van der Waals surface area contributed by atoms with Gasteiger partial charge in [0.05, 0.1) is 0 Å². The summed E-state index contributed by atoms with van der Waals surface area (Å²) in [5.41, 5.74) is 2.79. The Balaban J connectivity index is 2.25. The van der Waals surface area contributed by atoms with Crippen molar-refractivity contribution in [1.29, 1.82) is 0 Å². The zero-order chi connectivity index (χ0) is 9.97. The second-order valence-corrected chi connectivity index (χ2v) is 3.60. The molecule has 0 saturated heterocycles. The fraction of sp³-hybridized carbons (Fsp3) is 0. The van der Waals surface area contributed by atoms with Gasteiger partial charge >= 0.3 is 0 Å². The van der Waals surface area contributed by atoms with Crippen molar-refractivity contribution in [3.05, 3.63) is 47.1 Å². The molecule has 0 unspecified atom stereocenters. The van der Waals surface area contributed by atoms with Gasteiger partial charge in [-0.1, -0.05) is 0 Å². The van der Waals surface area contributed by atoms with Crippen LogP contribution in [-0.4, -0.2) is 9.66 Å². The summed E-state index contributed by atoms with van der Waals surface area (Å²) in [5.74, 6) is -0.197. The summed E-state index contributed by atoms with van der Waals surface area (Å²) in [6, 6.07) is 5.03. The molecule has 0 aliphatic rings. The summed E-state index contributed by atoms with van der Waals surface area (Å²) < 4.78 is 15.5. The van der Waals surface area contributed by atoms with E-state index < -0.39 is 5.82 Å². The van der Waals surface area contributed by atoms with E-state index in [0.717, 1.165) is 0 Å². The SMILES string of the molecule is Fc1cc(Br)cnc1Nn1cccc1. The van der Waals surface area contributed by atoms with Crippen LogP contribution < -0.4 is 5.43 Å². The van der Waals surface area contributed by atoms with E-state index in [9.17, 15) is 4.39 Å². The van der Waals surface area contributed by atoms with Gasteiger partial charge in [0, 0.05) is 23.1 Å². The van der Waals surface area contributed by atoms with Gasteiger partial charge in [-0.05, 0) is 34.1 Å². The van der Waals surface area contributed by atoms with Gasteiger partial charge in [0.1, 0.15) is 0 Å². The van der Waals surface area contributed by atoms with Gasteiger partial charge in [0.15, 0.2) is 11.6 Å². The molecule has 0 saturated carbocycles. The third-order valence-electron chi connectivity index (χ3n) is 1.65. The Morgan fingerprint density at radius 3 is 2.71 bits per heavy atom. The van der Waals surface area contributed by atoms with Crippen LogP contribution in [0.3, 0.4) is 0 Å². The predicted octanol–water partition coefficient (Wildman–Crippen LogP) is 2.66. The largest absolute Gasteiger partial charge is 0.276 e. The van der Waals surface area contributed by atoms with Crippen molar-refractivity contribution in [1.82, 2.24) is 9.66 Å². The average molecular weight is 256 g/mol. The maximum Gasteiger partial charge on any atom is 0.181 e. The van der Waals surface area contributed by atoms with Crippen LogP contribution >= 0.6 is 15.9 Å². The van der Waals surface area contributed by atoms with Crippen LogP contribution in [0.15, 0.2) is 41.3 Å². The van der Waals surface area contributed by atoms with Gasteiger partial charge in [-0.2, -0.15) is 0 Å². The lowest BCUT2D eigenvalue weighted by molar-refractivity contribution is 0.621. The number of hydrogen-bond acceptors (Lipinski definition) is 2. The molecule has 14 heavy (non-hydrogen) atoms. The zero-order valence-corrected chi connectivity index (χ0v) is 8.70. The van der Waals surface area contributed by atoms with Crippen LogP contribution in [0.1, 0.15) is 0 Å². The highest BCUT2D eigenvalue weighted by atomic mass is 79.9. The van der Waals surface area contributed by atoms with Crippen molar-refractivity contribution in [2.75, 3.05) is 5.43 Å². The van der Waals surface area contributed by atoms with Gasteiger partial charge in [0.25, 0.3) is 0 Å². The molecule has 5 heteroatoms. The van der Waals surface area contributed by atoms with E-state index in [1.807, 2.05) is 12.1 Å². The van der Waals surface area contributed by atoms with E-state index in [2.05, 4.69) is 26.3 Å². The first kappa shape index (κ1) is 9.21. The Kier molecular flexibility index (Phi) is 2.49. The molecule has 2 rings (SSSR count). The van der Waals surface area contributed by atoms with Crippen LogP contribution in [0.5, 0.6) is 0 Å². The van der Waals surface area contributed by atoms with Gasteiger partial charge in [-0.25, -0.2) is 9.37 Å². The van der Waals surface area contributed by atoms with Gasteiger partial charge in [-0.15, -0.1) is 0 Å². The summed E-state index contributed by atoms with van der Waals surface area (Å²) in [6.07, 6.45) is 5.07. The highest BCUT2D eigenvalue weighted by Crippen LogP contribution is 2.15. The molecule has 0 amide bonds. The van der Waals surface area contributed by atoms with E-state index in [1.165, 1.54) is 12.3 Å². The number of halogens is 2. The molecule has 0 aromatic carbocycles. The fourth-order valence-corrected chi connectivity index (χ4v) is 1.33. The van der Waals surface area contributed by atoms with Crippen molar-refractivity contribution in [2.24, 2.45) is 0 Å². The van der Waals surface area contributed by atoms with Crippen LogP contribution in [0.4, 0.5) is 10.2 Å². The van der Waals surface area contributed by atoms with Crippen molar-refractivity contribution in [2.45, 2.75) is 0 Å². The van der Waals surface area contributed by atoms with Crippen molar-refractivity contribution >= 4 is 21.7 Å². The molecule has 0 atom stereocenters. The van der Waals surface area contributed by atoms with Crippen molar-refractivity contribution < 1.29 is 4.39 Å². The number of rotatable bonds is 2. The maximum absolute atomic E-state index is 13.3. The highest BCUT2D eigenvalue weighted by molar-refractivity contribution is 9.10. The molecule has 0 radical (unpaired) electrons. The summed E-state index contributed by atoms with van der Waals surface area (Å²) in [6.45, 7) is 0. The normalized spacial score (nSPS) is 10.1. The number of nitrogens with one attached hydrogen (secondary N) is 1. The van der Waals surface area contributed by atoms with Gasteiger partial charge in [-0.3, -0.25) is 10.1 Å². The molecule has 0 spiro atoms. The molecule has 2 aromatic rings. The minimum Gasteiger partial charge on any atom is -0.276 e. The molecule has 0 aliphatic heterocycles. The molecule has 2 heterocycles. The summed E-state index contributed by atoms with van der Waals surface area (Å²) >= 11 is 3.14. The Labute approximate surface area is 88.7 Å². The predicted molar refractivity (Wildman–Crippen MR) is 55.3 cm³/mol. The second-order valence-electron chi connectivity index (χ2n) is 2.69. The molecule has 3 nitrogen and oxygen atoms in total. The van der Waals surface area contributed by atoms with Crippen LogP contribution in [0.25, 0.3) is 0 Å². The number of nitrogens with zero attached hydrogens (tertiary/aromatic N) is 2. The molecule has 0 aliphatic carbocycles. The number of anilines is 1. The second kappa shape index (κ2) is 3.79. The Bertz CT molecular complexity index is 428. The van der Waals surface area contributed by atoms with E-state index >= 15 is 0 Å². The average Bonchev–Trinajstić information content (AvgIpc) is 2.62. The third-order valence-corrected chi connectivity index (χ3v) is 2.08. The van der Waals surface area contributed by atoms with E-state index in [-0.39, 0.29) is 5.82 Å². The van der Waals surface area contributed by atoms with E-state index in [0.29, 0.717) is 4.47 Å². The fourth-order valence-electron chi connectivity index (χ4n) is 1.03. The Morgan fingerprint density at radius 2 is 2.07 bits per heavy atom. The molecule has 72 valence electrons. The highest BCUT2D eigenvalue weighted by Gasteiger charge is 2.03. The molecule has 0 bridgehead atoms. The smallest absolute Gasteiger partial charge is 0.181 e. The number of pyridine rings is 1. The Morgan fingerprint density at radius 1 is 1.36 bits per heavy atom. The van der Waals surface area contributed by atoms with Crippen LogP contribution in [-0.2, 0) is 0 Å². The number of hydrogen-bond donors (Lipinski definition) is 1. The lowest BCUT2D eigenvalue weighted by atomic mass is 10.4. The first-order chi connectivity index (χ1) is 6.75. The molecular formula is C9H7BrFN3. The van der Waals surface area contributed by atoms with Crippen LogP contribution in [0, 0.1) is 5.82 Å². The topological polar surface area (TPSA) is 29.9 Å². The van der Waals surface area contributed by atoms with Crippen molar-refractivity contribution in [3.8, 4) is 0 Å². The molecule has 2 aromatic heterocycles. The molecule has 0 fully saturated rings. The lowest BCUT2D eigenvalue weighted by Gasteiger charge is -2.06. The molecular weight excluding hydrogens is 249 g/mol. The number of aromatic nitrogens is 2. The minimum atomic E-state index is -0.395. The monoisotopic (exact) mass is 255 g/mol. The van der Waals surface area contributed by atoms with E-state index in [1.54, 1.807) is 17.1 Å².